The fraction of sp³-hybridized carbons (Fsp3) is 0.364. The van der Waals surface area contributed by atoms with E-state index in [0.29, 0.717) is 31.2 Å². The third-order valence-electron chi connectivity index (χ3n) is 5.24. The lowest BCUT2D eigenvalue weighted by atomic mass is 10.0. The van der Waals surface area contributed by atoms with Crippen LogP contribution in [0.5, 0.6) is 11.5 Å². The molecule has 1 aliphatic rings. The molecule has 0 saturated heterocycles. The molecule has 0 aliphatic carbocycles. The van der Waals surface area contributed by atoms with Crippen molar-refractivity contribution in [1.29, 1.82) is 0 Å². The van der Waals surface area contributed by atoms with E-state index in [4.69, 9.17) is 9.47 Å². The second-order valence-electron chi connectivity index (χ2n) is 7.41. The fourth-order valence-electron chi connectivity index (χ4n) is 3.59. The molecule has 0 atom stereocenters. The Bertz CT molecular complexity index is 1090. The van der Waals surface area contributed by atoms with Crippen molar-refractivity contribution in [3.63, 3.8) is 0 Å². The van der Waals surface area contributed by atoms with Crippen LogP contribution in [0, 0.1) is 20.8 Å². The first-order valence-electron chi connectivity index (χ1n) is 9.86. The molecule has 3 heterocycles. The van der Waals surface area contributed by atoms with Crippen LogP contribution in [-0.4, -0.2) is 50.8 Å². The van der Waals surface area contributed by atoms with Gasteiger partial charge in [0.15, 0.2) is 11.5 Å². The maximum Gasteiger partial charge on any atom is 0.244 e. The quantitative estimate of drug-likeness (QED) is 0.661. The summed E-state index contributed by atoms with van der Waals surface area (Å²) in [5, 5.41) is 4.22. The molecule has 1 aliphatic heterocycles. The maximum absolute atomic E-state index is 12.9. The highest BCUT2D eigenvalue weighted by atomic mass is 16.5. The molecule has 0 fully saturated rings. The number of carbonyl (C=O) groups is 1. The van der Waals surface area contributed by atoms with Gasteiger partial charge in [-0.3, -0.25) is 14.5 Å². The summed E-state index contributed by atoms with van der Waals surface area (Å²) in [4.78, 5) is 23.8. The van der Waals surface area contributed by atoms with E-state index < -0.39 is 0 Å². The van der Waals surface area contributed by atoms with Crippen molar-refractivity contribution < 1.29 is 14.3 Å². The number of ether oxygens (including phenoxy) is 2. The number of fused-ring (bicyclic) bond motifs is 1. The summed E-state index contributed by atoms with van der Waals surface area (Å²) in [5.74, 6) is 1.29. The summed E-state index contributed by atoms with van der Waals surface area (Å²) in [6, 6.07) is 5.81. The van der Waals surface area contributed by atoms with E-state index in [1.165, 1.54) is 0 Å². The van der Waals surface area contributed by atoms with Gasteiger partial charge < -0.3 is 14.4 Å². The van der Waals surface area contributed by atoms with Gasteiger partial charge in [-0.15, -0.1) is 0 Å². The fourth-order valence-corrected chi connectivity index (χ4v) is 3.59. The van der Waals surface area contributed by atoms with Crippen molar-refractivity contribution in [2.24, 2.45) is 0 Å². The van der Waals surface area contributed by atoms with Gasteiger partial charge in [0, 0.05) is 35.8 Å². The molecule has 4 rings (SSSR count). The van der Waals surface area contributed by atoms with E-state index in [0.717, 1.165) is 33.9 Å². The largest absolute Gasteiger partial charge is 0.493 e. The molecule has 1 aromatic carbocycles. The predicted octanol–water partition coefficient (Wildman–Crippen LogP) is 2.70. The number of aromatic nitrogens is 4. The van der Waals surface area contributed by atoms with Gasteiger partial charge >= 0.3 is 0 Å². The zero-order chi connectivity index (χ0) is 21.3. The zero-order valence-electron chi connectivity index (χ0n) is 17.7. The summed E-state index contributed by atoms with van der Waals surface area (Å²) >= 11 is 0. The van der Waals surface area contributed by atoms with Gasteiger partial charge in [0.2, 0.25) is 5.91 Å². The van der Waals surface area contributed by atoms with Crippen LogP contribution in [-0.2, 0) is 17.9 Å². The Morgan fingerprint density at radius 1 is 1.27 bits per heavy atom. The van der Waals surface area contributed by atoms with E-state index in [1.54, 1.807) is 29.1 Å². The number of aryl methyl sites for hydroxylation is 3. The van der Waals surface area contributed by atoms with Gasteiger partial charge in [0.1, 0.15) is 13.2 Å². The molecular weight excluding hydrogens is 382 g/mol. The Morgan fingerprint density at radius 2 is 2.10 bits per heavy atom. The highest BCUT2D eigenvalue weighted by molar-refractivity contribution is 5.77. The van der Waals surface area contributed by atoms with Gasteiger partial charge in [-0.2, -0.15) is 5.10 Å². The molecule has 3 aromatic rings. The molecule has 8 heteroatoms. The van der Waals surface area contributed by atoms with Gasteiger partial charge in [-0.25, -0.2) is 4.98 Å². The number of hydrogen-bond acceptors (Lipinski definition) is 6. The van der Waals surface area contributed by atoms with Crippen LogP contribution in [0.25, 0.3) is 11.3 Å². The smallest absolute Gasteiger partial charge is 0.244 e. The lowest BCUT2D eigenvalue weighted by Crippen LogP contribution is -2.35. The number of nitrogens with zero attached hydrogens (tertiary/aromatic N) is 5. The first-order valence-corrected chi connectivity index (χ1v) is 9.86. The zero-order valence-corrected chi connectivity index (χ0v) is 17.7. The summed E-state index contributed by atoms with van der Waals surface area (Å²) in [6.07, 6.45) is 3.45. The molecule has 30 heavy (non-hydrogen) atoms. The standard InChI is InChI=1S/C22H25N5O3/c1-14-11-23-16(3)21(25-14)17-9-18-12-26(7-8-30-22(18)19(10-17)29-4)20(28)13-27-15(2)5-6-24-27/h5-6,9-11H,7-8,12-13H2,1-4H3. The number of amides is 1. The summed E-state index contributed by atoms with van der Waals surface area (Å²) in [5.41, 5.74) is 5.19. The monoisotopic (exact) mass is 407 g/mol. The average Bonchev–Trinajstić information content (AvgIpc) is 3.00. The molecule has 0 saturated carbocycles. The van der Waals surface area contributed by atoms with Crippen molar-refractivity contribution in [3.8, 4) is 22.8 Å². The molecular formula is C22H25N5O3. The lowest BCUT2D eigenvalue weighted by molar-refractivity contribution is -0.132. The van der Waals surface area contributed by atoms with Crippen LogP contribution in [0.2, 0.25) is 0 Å². The number of hydrogen-bond donors (Lipinski definition) is 0. The molecule has 156 valence electrons. The second kappa shape index (κ2) is 8.14. The van der Waals surface area contributed by atoms with Gasteiger partial charge in [0.05, 0.1) is 30.7 Å². The predicted molar refractivity (Wildman–Crippen MR) is 111 cm³/mol. The van der Waals surface area contributed by atoms with E-state index in [9.17, 15) is 4.79 Å². The highest BCUT2D eigenvalue weighted by Crippen LogP contribution is 2.38. The third-order valence-corrected chi connectivity index (χ3v) is 5.24. The molecule has 0 N–H and O–H groups in total. The van der Waals surface area contributed by atoms with Crippen molar-refractivity contribution in [3.05, 3.63) is 53.2 Å². The van der Waals surface area contributed by atoms with Crippen LogP contribution in [0.3, 0.4) is 0 Å². The second-order valence-corrected chi connectivity index (χ2v) is 7.41. The van der Waals surface area contributed by atoms with Gasteiger partial charge in [0.25, 0.3) is 0 Å². The molecule has 0 radical (unpaired) electrons. The lowest BCUT2D eigenvalue weighted by Gasteiger charge is -2.20. The Balaban J connectivity index is 1.68. The van der Waals surface area contributed by atoms with Gasteiger partial charge in [-0.05, 0) is 39.0 Å². The van der Waals surface area contributed by atoms with E-state index in [2.05, 4.69) is 15.1 Å². The Labute approximate surface area is 175 Å². The van der Waals surface area contributed by atoms with Crippen LogP contribution in [0.1, 0.15) is 22.6 Å². The first-order chi connectivity index (χ1) is 14.5. The van der Waals surface area contributed by atoms with E-state index in [1.807, 2.05) is 39.0 Å². The summed E-state index contributed by atoms with van der Waals surface area (Å²) < 4.78 is 13.3. The average molecular weight is 407 g/mol. The normalized spacial score (nSPS) is 13.4. The molecule has 1 amide bonds. The number of benzene rings is 1. The third kappa shape index (κ3) is 3.85. The van der Waals surface area contributed by atoms with Crippen molar-refractivity contribution in [1.82, 2.24) is 24.6 Å². The Kier molecular flexibility index (Phi) is 5.39. The minimum absolute atomic E-state index is 0.00542. The Morgan fingerprint density at radius 3 is 2.83 bits per heavy atom. The molecule has 0 spiro atoms. The van der Waals surface area contributed by atoms with Crippen LogP contribution >= 0.6 is 0 Å². The van der Waals surface area contributed by atoms with Crippen molar-refractivity contribution in [2.45, 2.75) is 33.9 Å². The van der Waals surface area contributed by atoms with E-state index in [-0.39, 0.29) is 12.5 Å². The van der Waals surface area contributed by atoms with Crippen molar-refractivity contribution in [2.75, 3.05) is 20.3 Å². The number of carbonyl (C=O) groups excluding carboxylic acids is 1. The van der Waals surface area contributed by atoms with Gasteiger partial charge in [-0.1, -0.05) is 0 Å². The first kappa shape index (κ1) is 19.9. The molecule has 0 unspecified atom stereocenters. The SMILES string of the molecule is COc1cc(-c2nc(C)cnc2C)cc2c1OCCN(C(=O)Cn1nccc1C)C2. The van der Waals surface area contributed by atoms with Crippen molar-refractivity contribution >= 4 is 5.91 Å². The van der Waals surface area contributed by atoms with Crippen LogP contribution in [0.4, 0.5) is 0 Å². The maximum atomic E-state index is 12.9. The number of methoxy groups -OCH3 is 1. The summed E-state index contributed by atoms with van der Waals surface area (Å²) in [7, 11) is 1.62. The molecule has 0 bridgehead atoms. The topological polar surface area (TPSA) is 82.4 Å². The minimum Gasteiger partial charge on any atom is -0.493 e. The molecule has 2 aromatic heterocycles. The van der Waals surface area contributed by atoms with Crippen LogP contribution < -0.4 is 9.47 Å². The Hall–Kier alpha value is -3.42. The molecule has 8 nitrogen and oxygen atoms in total. The number of rotatable bonds is 4. The highest BCUT2D eigenvalue weighted by Gasteiger charge is 2.24. The van der Waals surface area contributed by atoms with E-state index >= 15 is 0 Å². The summed E-state index contributed by atoms with van der Waals surface area (Å²) in [6.45, 7) is 7.30. The van der Waals surface area contributed by atoms with Crippen LogP contribution in [0.15, 0.2) is 30.6 Å². The minimum atomic E-state index is -0.00542.